The van der Waals surface area contributed by atoms with Gasteiger partial charge in [0.05, 0.1) is 7.08 Å². The maximum atomic E-state index is 3.76. The van der Waals surface area contributed by atoms with Crippen LogP contribution in [0.25, 0.3) is 0 Å². The molecule has 4 heavy (non-hydrogen) atoms. The Bertz CT molecular complexity index is 23.2. The van der Waals surface area contributed by atoms with Gasteiger partial charge >= 0.3 is 0 Å². The van der Waals surface area contributed by atoms with Crippen LogP contribution in [0.4, 0.5) is 0 Å². The molecule has 0 aliphatic rings. The fraction of sp³-hybridized carbons (Fsp3) is 0. The third-order valence-corrected chi connectivity index (χ3v) is 3.54. The SMILES string of the molecule is [SiH3]N=PBr. The first kappa shape index (κ1) is 4.80. The van der Waals surface area contributed by atoms with Crippen LogP contribution in [0.2, 0.25) is 0 Å². The van der Waals surface area contributed by atoms with Crippen molar-refractivity contribution in [1.82, 2.24) is 0 Å². The van der Waals surface area contributed by atoms with E-state index in [4.69, 9.17) is 0 Å². The molecule has 0 spiro atoms. The van der Waals surface area contributed by atoms with E-state index < -0.39 is 0 Å². The van der Waals surface area contributed by atoms with E-state index in [1.54, 1.807) is 0 Å². The highest BCUT2D eigenvalue weighted by Crippen LogP contribution is 2.04. The maximum Gasteiger partial charge on any atom is 0.141 e. The van der Waals surface area contributed by atoms with Crippen LogP contribution in [-0.2, 0) is 0 Å². The molecule has 24 valence electrons. The molecule has 0 aliphatic heterocycles. The van der Waals surface area contributed by atoms with Crippen LogP contribution in [0.1, 0.15) is 0 Å². The average molecular weight is 156 g/mol. The second-order valence-corrected chi connectivity index (χ2v) is 2.98. The molecule has 0 bridgehead atoms. The standard InChI is InChI=1S/BrH3NPSi/c1-3-2-4/h4H3. The fourth-order valence-electron chi connectivity index (χ4n) is 0. The molecule has 0 amide bonds. The summed E-state index contributed by atoms with van der Waals surface area (Å²) in [5.41, 5.74) is 0. The molecular weight excluding hydrogens is 153 g/mol. The lowest BCUT2D eigenvalue weighted by atomic mass is 13.9. The highest BCUT2D eigenvalue weighted by atomic mass is 79.9. The molecule has 0 heterocycles. The predicted octanol–water partition coefficient (Wildman–Crippen LogP) is 0.706. The van der Waals surface area contributed by atoms with Gasteiger partial charge in [-0.1, -0.05) is 0 Å². The normalized spacial score (nSPS) is 10.2. The van der Waals surface area contributed by atoms with Crippen LogP contribution in [0.5, 0.6) is 0 Å². The molecule has 0 saturated heterocycles. The summed E-state index contributed by atoms with van der Waals surface area (Å²) in [5, 5.41) is 0. The molecule has 1 nitrogen and oxygen atoms in total. The van der Waals surface area contributed by atoms with E-state index in [2.05, 4.69) is 19.9 Å². The Labute approximate surface area is 37.9 Å². The van der Waals surface area contributed by atoms with Gasteiger partial charge in [-0.2, -0.15) is 0 Å². The zero-order valence-electron chi connectivity index (χ0n) is 2.27. The van der Waals surface area contributed by atoms with Gasteiger partial charge in [0.1, 0.15) is 10.4 Å². The van der Waals surface area contributed by atoms with Crippen LogP contribution in [0.3, 0.4) is 0 Å². The van der Waals surface area contributed by atoms with Crippen LogP contribution in [-0.4, -0.2) is 10.4 Å². The van der Waals surface area contributed by atoms with Crippen molar-refractivity contribution in [2.24, 2.45) is 4.41 Å². The summed E-state index contributed by atoms with van der Waals surface area (Å²) < 4.78 is 3.76. The molecule has 0 aromatic rings. The molecule has 0 fully saturated rings. The smallest absolute Gasteiger partial charge is 0.141 e. The second-order valence-electron chi connectivity index (χ2n) is 0.276. The summed E-state index contributed by atoms with van der Waals surface area (Å²) in [5.74, 6) is 0. The van der Waals surface area contributed by atoms with Crippen molar-refractivity contribution < 1.29 is 0 Å². The molecule has 0 atom stereocenters. The summed E-state index contributed by atoms with van der Waals surface area (Å²) in [4.78, 5) is 0. The lowest BCUT2D eigenvalue weighted by molar-refractivity contribution is 2.05. The second kappa shape index (κ2) is 3.80. The van der Waals surface area contributed by atoms with Crippen LogP contribution >= 0.6 is 22.6 Å². The van der Waals surface area contributed by atoms with Crippen molar-refractivity contribution in [2.75, 3.05) is 0 Å². The minimum Gasteiger partial charge on any atom is -0.308 e. The van der Waals surface area contributed by atoms with Crippen molar-refractivity contribution in [3.8, 4) is 0 Å². The molecule has 0 aromatic heterocycles. The fourth-order valence-corrected chi connectivity index (χ4v) is 0. The van der Waals surface area contributed by atoms with Crippen molar-refractivity contribution in [3.63, 3.8) is 0 Å². The molecule has 4 heteroatoms. The lowest BCUT2D eigenvalue weighted by Crippen LogP contribution is -1.26. The van der Waals surface area contributed by atoms with Crippen molar-refractivity contribution in [3.05, 3.63) is 0 Å². The molecule has 0 unspecified atom stereocenters. The molecular formula is H3BrNPSi. The van der Waals surface area contributed by atoms with Crippen molar-refractivity contribution in [2.45, 2.75) is 0 Å². The van der Waals surface area contributed by atoms with E-state index in [0.29, 0.717) is 0 Å². The summed E-state index contributed by atoms with van der Waals surface area (Å²) in [6.07, 6.45) is 0. The first-order valence-electron chi connectivity index (χ1n) is 0.816. The van der Waals surface area contributed by atoms with Gasteiger partial charge in [-0.25, -0.2) is 0 Å². The van der Waals surface area contributed by atoms with Crippen LogP contribution in [0.15, 0.2) is 4.41 Å². The Balaban J connectivity index is 2.55. The maximum absolute atomic E-state index is 3.76. The van der Waals surface area contributed by atoms with Gasteiger partial charge in [0, 0.05) is 0 Å². The quantitative estimate of drug-likeness (QED) is 0.361. The average Bonchev–Trinajstić information content (AvgIpc) is 1.37. The minimum atomic E-state index is 0.955. The number of nitrogens with zero attached hydrogens (tertiary/aromatic N) is 1. The Morgan fingerprint density at radius 3 is 2.25 bits per heavy atom. The van der Waals surface area contributed by atoms with E-state index in [-0.39, 0.29) is 0 Å². The van der Waals surface area contributed by atoms with Gasteiger partial charge in [0.2, 0.25) is 0 Å². The number of rotatable bonds is 0. The van der Waals surface area contributed by atoms with E-state index in [0.717, 1.165) is 17.5 Å². The van der Waals surface area contributed by atoms with Gasteiger partial charge < -0.3 is 4.41 Å². The molecule has 0 aliphatic carbocycles. The molecule has 0 aromatic carbocycles. The molecule has 0 saturated carbocycles. The molecule has 0 radical (unpaired) electrons. The van der Waals surface area contributed by atoms with Gasteiger partial charge in [-0.3, -0.25) is 0 Å². The van der Waals surface area contributed by atoms with Gasteiger partial charge in [-0.05, 0) is 15.5 Å². The third-order valence-electron chi connectivity index (χ3n) is 0.0756. The first-order chi connectivity index (χ1) is 1.91. The Kier molecular flexibility index (Phi) is 4.55. The summed E-state index contributed by atoms with van der Waals surface area (Å²) in [6, 6.07) is 0. The summed E-state index contributed by atoms with van der Waals surface area (Å²) in [7, 11) is 1.95. The van der Waals surface area contributed by atoms with E-state index in [9.17, 15) is 0 Å². The summed E-state index contributed by atoms with van der Waals surface area (Å²) in [6.45, 7) is 0. The van der Waals surface area contributed by atoms with Crippen LogP contribution in [0, 0.1) is 0 Å². The molecule has 0 rings (SSSR count). The predicted molar refractivity (Wildman–Crippen MR) is 28.2 cm³/mol. The molecule has 0 N–H and O–H groups in total. The Morgan fingerprint density at radius 1 is 2.00 bits per heavy atom. The van der Waals surface area contributed by atoms with Crippen molar-refractivity contribution >= 4 is 33.0 Å². The number of hydrogen-bond acceptors (Lipinski definition) is 1. The van der Waals surface area contributed by atoms with Crippen molar-refractivity contribution in [1.29, 1.82) is 0 Å². The zero-order chi connectivity index (χ0) is 3.41. The highest BCUT2D eigenvalue weighted by Gasteiger charge is 1.37. The van der Waals surface area contributed by atoms with Gasteiger partial charge in [0.25, 0.3) is 0 Å². The van der Waals surface area contributed by atoms with Crippen LogP contribution < -0.4 is 0 Å². The number of halogens is 1. The van der Waals surface area contributed by atoms with E-state index in [1.165, 1.54) is 0 Å². The third kappa shape index (κ3) is 2.80. The lowest BCUT2D eigenvalue weighted by Gasteiger charge is -1.49. The Morgan fingerprint density at radius 2 is 2.25 bits per heavy atom. The monoisotopic (exact) mass is 155 g/mol. The largest absolute Gasteiger partial charge is 0.308 e. The van der Waals surface area contributed by atoms with E-state index in [1.807, 2.05) is 0 Å². The minimum absolute atomic E-state index is 0.955. The number of hydrogen-bond donors (Lipinski definition) is 0. The zero-order valence-corrected chi connectivity index (χ0v) is 6.75. The Hall–Kier alpha value is 0.797. The summed E-state index contributed by atoms with van der Waals surface area (Å²) >= 11 is 3.09. The highest BCUT2D eigenvalue weighted by molar-refractivity contribution is 9.35. The first-order valence-corrected chi connectivity index (χ1v) is 4.58. The topological polar surface area (TPSA) is 12.4 Å². The van der Waals surface area contributed by atoms with Gasteiger partial charge in [-0.15, -0.1) is 0 Å². The van der Waals surface area contributed by atoms with Gasteiger partial charge in [0.15, 0.2) is 0 Å². The van der Waals surface area contributed by atoms with E-state index >= 15 is 0 Å².